The number of piperidine rings is 1. The molecule has 0 spiro atoms. The zero-order valence-corrected chi connectivity index (χ0v) is 10.7. The molecule has 0 radical (unpaired) electrons. The fraction of sp³-hybridized carbons (Fsp3) is 0.846. The zero-order valence-electron chi connectivity index (χ0n) is 10.7. The van der Waals surface area contributed by atoms with E-state index >= 15 is 0 Å². The van der Waals surface area contributed by atoms with Crippen molar-refractivity contribution < 1.29 is 14.7 Å². The van der Waals surface area contributed by atoms with Gasteiger partial charge < -0.3 is 15.7 Å². The van der Waals surface area contributed by atoms with Crippen LogP contribution in [0.5, 0.6) is 0 Å². The van der Waals surface area contributed by atoms with Crippen LogP contribution in [0.25, 0.3) is 0 Å². The molecule has 0 aromatic carbocycles. The molecule has 1 amide bonds. The molecule has 102 valence electrons. The van der Waals surface area contributed by atoms with Crippen molar-refractivity contribution in [3.05, 3.63) is 0 Å². The fourth-order valence-electron chi connectivity index (χ4n) is 2.89. The summed E-state index contributed by atoms with van der Waals surface area (Å²) in [6.07, 6.45) is 6.18. The lowest BCUT2D eigenvalue weighted by Crippen LogP contribution is -2.51. The molecule has 1 saturated heterocycles. The van der Waals surface area contributed by atoms with Crippen molar-refractivity contribution in [2.75, 3.05) is 13.1 Å². The smallest absolute Gasteiger partial charge is 0.303 e. The van der Waals surface area contributed by atoms with Crippen LogP contribution in [0.15, 0.2) is 0 Å². The van der Waals surface area contributed by atoms with Crippen LogP contribution in [0.1, 0.15) is 44.9 Å². The second kappa shape index (κ2) is 5.69. The van der Waals surface area contributed by atoms with E-state index in [9.17, 15) is 9.59 Å². The fourth-order valence-corrected chi connectivity index (χ4v) is 2.89. The summed E-state index contributed by atoms with van der Waals surface area (Å²) in [5.74, 6) is -0.730. The van der Waals surface area contributed by atoms with Crippen LogP contribution in [-0.2, 0) is 9.59 Å². The number of aliphatic carboxylic acids is 1. The molecule has 0 aromatic rings. The second-order valence-corrected chi connectivity index (χ2v) is 5.64. The maximum Gasteiger partial charge on any atom is 0.303 e. The third-order valence-electron chi connectivity index (χ3n) is 4.20. The van der Waals surface area contributed by atoms with Crippen LogP contribution in [0.3, 0.4) is 0 Å². The third kappa shape index (κ3) is 3.22. The van der Waals surface area contributed by atoms with Gasteiger partial charge >= 0.3 is 5.97 Å². The maximum atomic E-state index is 11.9. The standard InChI is InChI=1S/C13H22N2O3/c16-11(17)8-13(5-3-6-13)9-15-12(18)10-4-1-2-7-14-10/h10,14H,1-9H2,(H,15,18)(H,16,17). The van der Waals surface area contributed by atoms with E-state index in [1.54, 1.807) is 0 Å². The molecule has 1 saturated carbocycles. The van der Waals surface area contributed by atoms with E-state index in [-0.39, 0.29) is 23.8 Å². The summed E-state index contributed by atoms with van der Waals surface area (Å²) in [5.41, 5.74) is -0.184. The summed E-state index contributed by atoms with van der Waals surface area (Å²) in [6, 6.07) is -0.0827. The molecule has 1 aliphatic heterocycles. The minimum Gasteiger partial charge on any atom is -0.481 e. The Kier molecular flexibility index (Phi) is 4.22. The summed E-state index contributed by atoms with van der Waals surface area (Å²) in [5, 5.41) is 15.0. The number of hydrogen-bond acceptors (Lipinski definition) is 3. The van der Waals surface area contributed by atoms with Gasteiger partial charge in [-0.15, -0.1) is 0 Å². The lowest BCUT2D eigenvalue weighted by Gasteiger charge is -2.41. The molecule has 0 bridgehead atoms. The normalized spacial score (nSPS) is 26.1. The number of amides is 1. The average Bonchev–Trinajstić information content (AvgIpc) is 2.32. The van der Waals surface area contributed by atoms with Crippen LogP contribution in [0.4, 0.5) is 0 Å². The first-order valence-electron chi connectivity index (χ1n) is 6.84. The Morgan fingerprint density at radius 3 is 2.56 bits per heavy atom. The third-order valence-corrected chi connectivity index (χ3v) is 4.20. The largest absolute Gasteiger partial charge is 0.481 e. The lowest BCUT2D eigenvalue weighted by molar-refractivity contribution is -0.142. The number of carboxylic acid groups (broad SMARTS) is 1. The quantitative estimate of drug-likeness (QED) is 0.681. The Bertz CT molecular complexity index is 320. The van der Waals surface area contributed by atoms with Crippen molar-refractivity contribution in [2.24, 2.45) is 5.41 Å². The van der Waals surface area contributed by atoms with Gasteiger partial charge in [-0.1, -0.05) is 12.8 Å². The first kappa shape index (κ1) is 13.3. The van der Waals surface area contributed by atoms with Crippen molar-refractivity contribution in [2.45, 2.75) is 51.0 Å². The molecular formula is C13H22N2O3. The van der Waals surface area contributed by atoms with Crippen LogP contribution < -0.4 is 10.6 Å². The molecule has 2 aliphatic rings. The summed E-state index contributed by atoms with van der Waals surface area (Å²) in [4.78, 5) is 22.8. The first-order valence-corrected chi connectivity index (χ1v) is 6.84. The van der Waals surface area contributed by atoms with Crippen LogP contribution in [0, 0.1) is 5.41 Å². The predicted molar refractivity (Wildman–Crippen MR) is 67.2 cm³/mol. The van der Waals surface area contributed by atoms with Gasteiger partial charge in [-0.25, -0.2) is 0 Å². The molecule has 1 unspecified atom stereocenters. The maximum absolute atomic E-state index is 11.9. The van der Waals surface area contributed by atoms with E-state index in [1.807, 2.05) is 0 Å². The number of carboxylic acids is 1. The van der Waals surface area contributed by atoms with E-state index in [0.717, 1.165) is 45.1 Å². The summed E-state index contributed by atoms with van der Waals surface area (Å²) in [6.45, 7) is 1.41. The highest BCUT2D eigenvalue weighted by Gasteiger charge is 2.39. The molecule has 1 atom stereocenters. The molecule has 3 N–H and O–H groups in total. The molecule has 5 heteroatoms. The first-order chi connectivity index (χ1) is 8.61. The van der Waals surface area contributed by atoms with E-state index < -0.39 is 5.97 Å². The minimum atomic E-state index is -0.764. The molecule has 2 rings (SSSR count). The number of hydrogen-bond donors (Lipinski definition) is 3. The van der Waals surface area contributed by atoms with Gasteiger partial charge in [-0.2, -0.15) is 0 Å². The van der Waals surface area contributed by atoms with Gasteiger partial charge in [0.2, 0.25) is 5.91 Å². The Hall–Kier alpha value is -1.10. The topological polar surface area (TPSA) is 78.4 Å². The van der Waals surface area contributed by atoms with Crippen LogP contribution >= 0.6 is 0 Å². The molecular weight excluding hydrogens is 232 g/mol. The van der Waals surface area contributed by atoms with Crippen LogP contribution in [-0.4, -0.2) is 36.1 Å². The zero-order chi connectivity index (χ0) is 13.0. The Labute approximate surface area is 107 Å². The van der Waals surface area contributed by atoms with Crippen molar-refractivity contribution >= 4 is 11.9 Å². The number of carbonyl (C=O) groups is 2. The molecule has 0 aromatic heterocycles. The van der Waals surface area contributed by atoms with E-state index in [4.69, 9.17) is 5.11 Å². The van der Waals surface area contributed by atoms with Crippen molar-refractivity contribution in [1.82, 2.24) is 10.6 Å². The van der Waals surface area contributed by atoms with Gasteiger partial charge in [0.15, 0.2) is 0 Å². The Balaban J connectivity index is 1.78. The van der Waals surface area contributed by atoms with E-state index in [2.05, 4.69) is 10.6 Å². The number of carbonyl (C=O) groups excluding carboxylic acids is 1. The Morgan fingerprint density at radius 1 is 1.28 bits per heavy atom. The monoisotopic (exact) mass is 254 g/mol. The molecule has 1 aliphatic carbocycles. The van der Waals surface area contributed by atoms with E-state index in [0.29, 0.717) is 6.54 Å². The highest BCUT2D eigenvalue weighted by atomic mass is 16.4. The second-order valence-electron chi connectivity index (χ2n) is 5.64. The van der Waals surface area contributed by atoms with Crippen molar-refractivity contribution in [3.63, 3.8) is 0 Å². The highest BCUT2D eigenvalue weighted by Crippen LogP contribution is 2.43. The highest BCUT2D eigenvalue weighted by molar-refractivity contribution is 5.82. The van der Waals surface area contributed by atoms with Gasteiger partial charge in [0.05, 0.1) is 12.5 Å². The van der Waals surface area contributed by atoms with Crippen LogP contribution in [0.2, 0.25) is 0 Å². The minimum absolute atomic E-state index is 0.0337. The van der Waals surface area contributed by atoms with Gasteiger partial charge in [0, 0.05) is 6.54 Å². The number of rotatable bonds is 5. The van der Waals surface area contributed by atoms with Gasteiger partial charge in [-0.3, -0.25) is 9.59 Å². The summed E-state index contributed by atoms with van der Waals surface area (Å²) >= 11 is 0. The molecule has 1 heterocycles. The van der Waals surface area contributed by atoms with Crippen molar-refractivity contribution in [1.29, 1.82) is 0 Å². The Morgan fingerprint density at radius 2 is 2.06 bits per heavy atom. The summed E-state index contributed by atoms with van der Waals surface area (Å²) in [7, 11) is 0. The van der Waals surface area contributed by atoms with Gasteiger partial charge in [-0.05, 0) is 37.6 Å². The average molecular weight is 254 g/mol. The lowest BCUT2D eigenvalue weighted by atomic mass is 9.66. The molecule has 2 fully saturated rings. The summed E-state index contributed by atoms with van der Waals surface area (Å²) < 4.78 is 0. The van der Waals surface area contributed by atoms with Gasteiger partial charge in [0.25, 0.3) is 0 Å². The number of nitrogens with one attached hydrogen (secondary N) is 2. The molecule has 18 heavy (non-hydrogen) atoms. The SMILES string of the molecule is O=C(O)CC1(CNC(=O)C2CCCCN2)CCC1. The molecule has 5 nitrogen and oxygen atoms in total. The van der Waals surface area contributed by atoms with Crippen molar-refractivity contribution in [3.8, 4) is 0 Å². The van der Waals surface area contributed by atoms with Gasteiger partial charge in [0.1, 0.15) is 0 Å². The predicted octanol–water partition coefficient (Wildman–Crippen LogP) is 0.890. The van der Waals surface area contributed by atoms with E-state index in [1.165, 1.54) is 0 Å².